The van der Waals surface area contributed by atoms with Crippen molar-refractivity contribution in [1.82, 2.24) is 14.9 Å². The minimum atomic E-state index is -3.58. The number of nitrogens with one attached hydrogen (secondary N) is 2. The summed E-state index contributed by atoms with van der Waals surface area (Å²) < 4.78 is 27.0. The van der Waals surface area contributed by atoms with Gasteiger partial charge >= 0.3 is 0 Å². The van der Waals surface area contributed by atoms with Gasteiger partial charge in [-0.1, -0.05) is 19.3 Å². The highest BCUT2D eigenvalue weighted by Crippen LogP contribution is 2.26. The van der Waals surface area contributed by atoms with Crippen molar-refractivity contribution in [3.05, 3.63) is 29.8 Å². The highest BCUT2D eigenvalue weighted by molar-refractivity contribution is 7.89. The van der Waals surface area contributed by atoms with E-state index in [1.165, 1.54) is 35.6 Å². The number of hydrogen-bond acceptors (Lipinski definition) is 4. The number of likely N-dealkylation sites (N-methyl/N-ethyl adjacent to an activating group) is 1. The first-order valence-corrected chi connectivity index (χ1v) is 10.3. The Morgan fingerprint density at radius 3 is 2.23 bits per heavy atom. The van der Waals surface area contributed by atoms with Gasteiger partial charge in [0.2, 0.25) is 15.9 Å². The smallest absolute Gasteiger partial charge is 0.251 e. The lowest BCUT2D eigenvalue weighted by molar-refractivity contribution is -0.122. The molecular weight excluding hydrogens is 354 g/mol. The molecule has 0 bridgehead atoms. The summed E-state index contributed by atoms with van der Waals surface area (Å²) in [6, 6.07) is 5.17. The first-order chi connectivity index (χ1) is 12.3. The Labute approximate surface area is 155 Å². The average molecular weight is 381 g/mol. The number of nitrogens with zero attached hydrogens (tertiary/aromatic N) is 1. The lowest BCUT2D eigenvalue weighted by Gasteiger charge is -2.30. The summed E-state index contributed by atoms with van der Waals surface area (Å²) in [4.78, 5) is 23.8. The molecule has 7 nitrogen and oxygen atoms in total. The highest BCUT2D eigenvalue weighted by Gasteiger charge is 2.29. The molecule has 1 aliphatic carbocycles. The zero-order valence-electron chi connectivity index (χ0n) is 15.5. The molecule has 0 unspecified atom stereocenters. The van der Waals surface area contributed by atoms with E-state index in [0.717, 1.165) is 32.1 Å². The van der Waals surface area contributed by atoms with Crippen molar-refractivity contribution in [1.29, 1.82) is 0 Å². The van der Waals surface area contributed by atoms with Crippen LogP contribution in [0, 0.1) is 0 Å². The van der Waals surface area contributed by atoms with Crippen LogP contribution < -0.4 is 10.6 Å². The molecule has 2 N–H and O–H groups in total. The molecule has 0 aromatic heterocycles. The van der Waals surface area contributed by atoms with Gasteiger partial charge in [0.25, 0.3) is 5.91 Å². The van der Waals surface area contributed by atoms with E-state index < -0.39 is 22.0 Å². The van der Waals surface area contributed by atoms with Crippen LogP contribution in [-0.4, -0.2) is 50.7 Å². The molecule has 1 fully saturated rings. The Kier molecular flexibility index (Phi) is 6.77. The molecule has 0 saturated heterocycles. The second-order valence-corrected chi connectivity index (χ2v) is 8.64. The van der Waals surface area contributed by atoms with E-state index in [2.05, 4.69) is 10.6 Å². The van der Waals surface area contributed by atoms with Crippen LogP contribution in [0.25, 0.3) is 0 Å². The highest BCUT2D eigenvalue weighted by atomic mass is 32.2. The predicted molar refractivity (Wildman–Crippen MR) is 99.3 cm³/mol. The molecule has 1 aromatic rings. The van der Waals surface area contributed by atoms with Gasteiger partial charge in [-0.25, -0.2) is 8.42 Å². The Bertz CT molecular complexity index is 740. The van der Waals surface area contributed by atoms with Gasteiger partial charge in [0.15, 0.2) is 0 Å². The molecular formula is C18H27N3O4S. The van der Waals surface area contributed by atoms with Gasteiger partial charge in [0.05, 0.1) is 4.90 Å². The van der Waals surface area contributed by atoms with E-state index in [0.29, 0.717) is 5.56 Å². The van der Waals surface area contributed by atoms with Crippen molar-refractivity contribution in [3.8, 4) is 0 Å². The van der Waals surface area contributed by atoms with Gasteiger partial charge in [-0.3, -0.25) is 9.59 Å². The summed E-state index contributed by atoms with van der Waals surface area (Å²) in [6.45, 7) is 1.58. The largest absolute Gasteiger partial charge is 0.357 e. The number of hydrogen-bond donors (Lipinski definition) is 2. The first-order valence-electron chi connectivity index (χ1n) is 8.88. The fourth-order valence-corrected chi connectivity index (χ4v) is 4.56. The van der Waals surface area contributed by atoms with Crippen LogP contribution in [0.5, 0.6) is 0 Å². The zero-order valence-corrected chi connectivity index (χ0v) is 16.3. The van der Waals surface area contributed by atoms with E-state index in [-0.39, 0.29) is 16.8 Å². The van der Waals surface area contributed by atoms with E-state index in [1.54, 1.807) is 14.0 Å². The predicted octanol–water partition coefficient (Wildman–Crippen LogP) is 1.50. The second-order valence-electron chi connectivity index (χ2n) is 6.65. The van der Waals surface area contributed by atoms with Crippen molar-refractivity contribution in [3.63, 3.8) is 0 Å². The van der Waals surface area contributed by atoms with Crippen molar-refractivity contribution in [2.24, 2.45) is 0 Å². The second kappa shape index (κ2) is 8.64. The van der Waals surface area contributed by atoms with Gasteiger partial charge in [-0.2, -0.15) is 4.31 Å². The Balaban J connectivity index is 2.10. The molecule has 0 heterocycles. The lowest BCUT2D eigenvalue weighted by Crippen LogP contribution is -2.43. The summed E-state index contributed by atoms with van der Waals surface area (Å²) in [7, 11) is -0.468. The summed E-state index contributed by atoms with van der Waals surface area (Å²) in [5, 5.41) is 5.02. The maximum atomic E-state index is 12.8. The number of carbonyl (C=O) groups is 2. The number of rotatable bonds is 6. The summed E-state index contributed by atoms with van der Waals surface area (Å²) in [6.07, 6.45) is 5.02. The van der Waals surface area contributed by atoms with Crippen LogP contribution in [0.4, 0.5) is 0 Å². The van der Waals surface area contributed by atoms with Crippen LogP contribution in [0.3, 0.4) is 0 Å². The number of benzene rings is 1. The van der Waals surface area contributed by atoms with E-state index >= 15 is 0 Å². The van der Waals surface area contributed by atoms with Gasteiger partial charge in [-0.05, 0) is 44.0 Å². The molecule has 1 atom stereocenters. The molecule has 8 heteroatoms. The molecule has 1 aliphatic rings. The van der Waals surface area contributed by atoms with Crippen LogP contribution in [0.1, 0.15) is 49.4 Å². The fraction of sp³-hybridized carbons (Fsp3) is 0.556. The minimum Gasteiger partial charge on any atom is -0.357 e. The maximum absolute atomic E-state index is 12.8. The maximum Gasteiger partial charge on any atom is 0.251 e. The topological polar surface area (TPSA) is 95.6 Å². The van der Waals surface area contributed by atoms with Crippen LogP contribution >= 0.6 is 0 Å². The van der Waals surface area contributed by atoms with Crippen molar-refractivity contribution in [2.75, 3.05) is 14.1 Å². The lowest BCUT2D eigenvalue weighted by atomic mass is 9.96. The van der Waals surface area contributed by atoms with Gasteiger partial charge in [-0.15, -0.1) is 0 Å². The third-order valence-corrected chi connectivity index (χ3v) is 6.79. The molecule has 0 aliphatic heterocycles. The Morgan fingerprint density at radius 2 is 1.69 bits per heavy atom. The third-order valence-electron chi connectivity index (χ3n) is 4.87. The molecule has 1 aromatic carbocycles. The average Bonchev–Trinajstić information content (AvgIpc) is 2.67. The van der Waals surface area contributed by atoms with Crippen molar-refractivity contribution >= 4 is 21.8 Å². The molecule has 144 valence electrons. The molecule has 2 amide bonds. The number of amides is 2. The first kappa shape index (κ1) is 20.4. The Morgan fingerprint density at radius 1 is 1.12 bits per heavy atom. The summed E-state index contributed by atoms with van der Waals surface area (Å²) in [5.74, 6) is -0.725. The monoisotopic (exact) mass is 381 g/mol. The van der Waals surface area contributed by atoms with Crippen molar-refractivity contribution in [2.45, 2.75) is 56.0 Å². The fourth-order valence-electron chi connectivity index (χ4n) is 3.15. The van der Waals surface area contributed by atoms with Crippen LogP contribution in [-0.2, 0) is 14.8 Å². The van der Waals surface area contributed by atoms with E-state index in [9.17, 15) is 18.0 Å². The zero-order chi connectivity index (χ0) is 19.3. The summed E-state index contributed by atoms with van der Waals surface area (Å²) in [5.41, 5.74) is 0.306. The van der Waals surface area contributed by atoms with Gasteiger partial charge < -0.3 is 10.6 Å². The Hall–Kier alpha value is -1.93. The third kappa shape index (κ3) is 4.62. The quantitative estimate of drug-likeness (QED) is 0.781. The normalized spacial score (nSPS) is 16.9. The van der Waals surface area contributed by atoms with E-state index in [4.69, 9.17) is 0 Å². The molecule has 1 saturated carbocycles. The summed E-state index contributed by atoms with van der Waals surface area (Å²) >= 11 is 0. The molecule has 0 spiro atoms. The molecule has 26 heavy (non-hydrogen) atoms. The number of sulfonamides is 1. The van der Waals surface area contributed by atoms with Crippen LogP contribution in [0.15, 0.2) is 29.2 Å². The molecule has 0 radical (unpaired) electrons. The van der Waals surface area contributed by atoms with Crippen molar-refractivity contribution < 1.29 is 18.0 Å². The SMILES string of the molecule is CNC(=O)[C@H](C)NC(=O)c1ccc(S(=O)(=O)N(C)C2CCCCC2)cc1. The van der Waals surface area contributed by atoms with Gasteiger partial charge in [0.1, 0.15) is 6.04 Å². The van der Waals surface area contributed by atoms with E-state index in [1.807, 2.05) is 0 Å². The number of carbonyl (C=O) groups excluding carboxylic acids is 2. The molecule has 2 rings (SSSR count). The standard InChI is InChI=1S/C18H27N3O4S/c1-13(17(22)19-2)20-18(23)14-9-11-16(12-10-14)26(24,25)21(3)15-7-5-4-6-8-15/h9-13,15H,4-8H2,1-3H3,(H,19,22)(H,20,23)/t13-/m0/s1. The van der Waals surface area contributed by atoms with Crippen LogP contribution in [0.2, 0.25) is 0 Å². The minimum absolute atomic E-state index is 0.0325. The van der Waals surface area contributed by atoms with Gasteiger partial charge in [0, 0.05) is 25.7 Å².